The Labute approximate surface area is 153 Å². The third kappa shape index (κ3) is 4.11. The molecule has 1 saturated heterocycles. The Bertz CT molecular complexity index is 702. The average Bonchev–Trinajstić information content (AvgIpc) is 2.70. The van der Waals surface area contributed by atoms with E-state index in [4.69, 9.17) is 11.6 Å². The van der Waals surface area contributed by atoms with E-state index in [0.29, 0.717) is 25.1 Å². The lowest BCUT2D eigenvalue weighted by Gasteiger charge is -2.20. The third-order valence-corrected chi connectivity index (χ3v) is 4.89. The van der Waals surface area contributed by atoms with Crippen LogP contribution in [0.25, 0.3) is 6.08 Å². The van der Waals surface area contributed by atoms with Crippen molar-refractivity contribution in [3.8, 4) is 5.75 Å². The standard InChI is InChI=1S/C16H18BrClN2O2S/c1-8(2)19-16-20(9(3)4)15(22)13(23-16)6-10-5-11(18)7-12(17)14(10)21/h5-9,21H,1-4H3/b13-6+,19-16?. The number of phenols is 1. The average molecular weight is 418 g/mol. The van der Waals surface area contributed by atoms with E-state index in [1.807, 2.05) is 27.7 Å². The SMILES string of the molecule is CC(C)N=C1S/C(=C/c2cc(Cl)cc(Br)c2O)C(=O)N1C(C)C. The van der Waals surface area contributed by atoms with Crippen molar-refractivity contribution < 1.29 is 9.90 Å². The van der Waals surface area contributed by atoms with E-state index in [1.54, 1.807) is 23.1 Å². The summed E-state index contributed by atoms with van der Waals surface area (Å²) in [5.41, 5.74) is 0.495. The summed E-state index contributed by atoms with van der Waals surface area (Å²) in [5, 5.41) is 11.3. The number of amides is 1. The second-order valence-corrected chi connectivity index (χ2v) is 8.01. The summed E-state index contributed by atoms with van der Waals surface area (Å²) in [5.74, 6) is -0.0551. The number of phenolic OH excluding ortho intramolecular Hbond substituents is 1. The Kier molecular flexibility index (Phi) is 5.81. The number of carbonyl (C=O) groups is 1. The molecule has 1 fully saturated rings. The van der Waals surface area contributed by atoms with Crippen molar-refractivity contribution in [2.45, 2.75) is 39.8 Å². The van der Waals surface area contributed by atoms with Crippen molar-refractivity contribution in [3.63, 3.8) is 0 Å². The van der Waals surface area contributed by atoms with Crippen molar-refractivity contribution >= 4 is 56.4 Å². The monoisotopic (exact) mass is 416 g/mol. The van der Waals surface area contributed by atoms with Gasteiger partial charge in [0.2, 0.25) is 0 Å². The summed E-state index contributed by atoms with van der Waals surface area (Å²) >= 11 is 10.6. The molecule has 0 spiro atoms. The lowest BCUT2D eigenvalue weighted by Crippen LogP contribution is -2.35. The van der Waals surface area contributed by atoms with Gasteiger partial charge in [0, 0.05) is 22.7 Å². The van der Waals surface area contributed by atoms with Crippen LogP contribution in [0.1, 0.15) is 33.3 Å². The van der Waals surface area contributed by atoms with Gasteiger partial charge in [-0.25, -0.2) is 0 Å². The minimum Gasteiger partial charge on any atom is -0.506 e. The van der Waals surface area contributed by atoms with E-state index >= 15 is 0 Å². The molecule has 0 radical (unpaired) electrons. The van der Waals surface area contributed by atoms with Gasteiger partial charge >= 0.3 is 0 Å². The Morgan fingerprint density at radius 3 is 2.57 bits per heavy atom. The highest BCUT2D eigenvalue weighted by atomic mass is 79.9. The van der Waals surface area contributed by atoms with E-state index in [-0.39, 0.29) is 23.7 Å². The molecular formula is C16H18BrClN2O2S. The fourth-order valence-electron chi connectivity index (χ4n) is 2.09. The zero-order chi connectivity index (χ0) is 17.3. The molecule has 0 aliphatic carbocycles. The van der Waals surface area contributed by atoms with E-state index in [1.165, 1.54) is 11.8 Å². The van der Waals surface area contributed by atoms with Gasteiger partial charge in [0.15, 0.2) is 5.17 Å². The molecule has 4 nitrogen and oxygen atoms in total. The first-order valence-corrected chi connectivity index (χ1v) is 9.18. The summed E-state index contributed by atoms with van der Waals surface area (Å²) in [7, 11) is 0. The van der Waals surface area contributed by atoms with Gasteiger partial charge in [-0.1, -0.05) is 11.6 Å². The number of nitrogens with zero attached hydrogens (tertiary/aromatic N) is 2. The molecule has 23 heavy (non-hydrogen) atoms. The number of benzene rings is 1. The van der Waals surface area contributed by atoms with Crippen LogP contribution in [0.5, 0.6) is 5.75 Å². The first-order chi connectivity index (χ1) is 10.7. The van der Waals surface area contributed by atoms with Gasteiger partial charge in [-0.05, 0) is 73.6 Å². The molecule has 1 heterocycles. The Morgan fingerprint density at radius 2 is 2.00 bits per heavy atom. The molecule has 0 atom stereocenters. The fraction of sp³-hybridized carbons (Fsp3) is 0.375. The Hall–Kier alpha value is -0.980. The molecule has 0 bridgehead atoms. The van der Waals surface area contributed by atoms with E-state index in [9.17, 15) is 9.90 Å². The summed E-state index contributed by atoms with van der Waals surface area (Å²) in [4.78, 5) is 19.4. The lowest BCUT2D eigenvalue weighted by atomic mass is 10.2. The highest BCUT2D eigenvalue weighted by molar-refractivity contribution is 9.10. The molecule has 0 saturated carbocycles. The van der Waals surface area contributed by atoms with E-state index in [0.717, 1.165) is 0 Å². The van der Waals surface area contributed by atoms with Gasteiger partial charge in [-0.3, -0.25) is 14.7 Å². The predicted molar refractivity (Wildman–Crippen MR) is 101 cm³/mol. The topological polar surface area (TPSA) is 52.9 Å². The maximum atomic E-state index is 12.7. The van der Waals surface area contributed by atoms with Crippen LogP contribution in [-0.4, -0.2) is 33.2 Å². The maximum absolute atomic E-state index is 12.7. The van der Waals surface area contributed by atoms with Crippen LogP contribution in [0.3, 0.4) is 0 Å². The van der Waals surface area contributed by atoms with E-state index < -0.39 is 0 Å². The number of aliphatic imine (C=N–C) groups is 1. The van der Waals surface area contributed by atoms with Gasteiger partial charge in [-0.15, -0.1) is 0 Å². The summed E-state index contributed by atoms with van der Waals surface area (Å²) in [6, 6.07) is 3.34. The molecule has 0 aromatic heterocycles. The number of thioether (sulfide) groups is 1. The zero-order valence-corrected chi connectivity index (χ0v) is 16.5. The van der Waals surface area contributed by atoms with Crippen LogP contribution in [0.4, 0.5) is 0 Å². The normalized spacial score (nSPS) is 19.0. The number of carbonyl (C=O) groups excluding carboxylic acids is 1. The highest BCUT2D eigenvalue weighted by Crippen LogP contribution is 2.38. The largest absolute Gasteiger partial charge is 0.506 e. The maximum Gasteiger partial charge on any atom is 0.266 e. The molecule has 1 amide bonds. The van der Waals surface area contributed by atoms with Gasteiger partial charge in [0.1, 0.15) is 5.75 Å². The fourth-order valence-corrected chi connectivity index (χ4v) is 4.15. The number of aromatic hydroxyl groups is 1. The van der Waals surface area contributed by atoms with Crippen LogP contribution in [-0.2, 0) is 4.79 Å². The van der Waals surface area contributed by atoms with Gasteiger partial charge < -0.3 is 5.11 Å². The molecule has 1 aromatic carbocycles. The van der Waals surface area contributed by atoms with Crippen molar-refractivity contribution in [3.05, 3.63) is 32.1 Å². The molecule has 1 N–H and O–H groups in total. The predicted octanol–water partition coefficient (Wildman–Crippen LogP) is 4.90. The second-order valence-electron chi connectivity index (χ2n) is 5.71. The summed E-state index contributed by atoms with van der Waals surface area (Å²) in [6.07, 6.45) is 1.65. The van der Waals surface area contributed by atoms with Crippen LogP contribution < -0.4 is 0 Å². The summed E-state index contributed by atoms with van der Waals surface area (Å²) < 4.78 is 0.490. The van der Waals surface area contributed by atoms with Crippen LogP contribution in [0.2, 0.25) is 5.02 Å². The minimum absolute atomic E-state index is 0.0121. The number of hydrogen-bond acceptors (Lipinski definition) is 4. The Morgan fingerprint density at radius 1 is 1.35 bits per heavy atom. The molecule has 1 aromatic rings. The minimum atomic E-state index is -0.111. The van der Waals surface area contributed by atoms with E-state index in [2.05, 4.69) is 20.9 Å². The first-order valence-electron chi connectivity index (χ1n) is 7.19. The number of hydrogen-bond donors (Lipinski definition) is 1. The Balaban J connectivity index is 2.47. The summed E-state index contributed by atoms with van der Waals surface area (Å²) in [6.45, 7) is 7.84. The number of amidine groups is 1. The number of halogens is 2. The van der Waals surface area contributed by atoms with Gasteiger partial charge in [-0.2, -0.15) is 0 Å². The third-order valence-electron chi connectivity index (χ3n) is 3.07. The van der Waals surface area contributed by atoms with Crippen LogP contribution in [0, 0.1) is 0 Å². The quantitative estimate of drug-likeness (QED) is 0.712. The van der Waals surface area contributed by atoms with Gasteiger partial charge in [0.25, 0.3) is 5.91 Å². The molecular weight excluding hydrogens is 400 g/mol. The van der Waals surface area contributed by atoms with Crippen LogP contribution >= 0.6 is 39.3 Å². The molecule has 1 aliphatic rings. The smallest absolute Gasteiger partial charge is 0.266 e. The highest BCUT2D eigenvalue weighted by Gasteiger charge is 2.35. The van der Waals surface area contributed by atoms with Crippen molar-refractivity contribution in [1.82, 2.24) is 4.90 Å². The van der Waals surface area contributed by atoms with Crippen molar-refractivity contribution in [2.75, 3.05) is 0 Å². The molecule has 7 heteroatoms. The van der Waals surface area contributed by atoms with Gasteiger partial charge in [0.05, 0.1) is 9.38 Å². The van der Waals surface area contributed by atoms with Crippen molar-refractivity contribution in [1.29, 1.82) is 0 Å². The van der Waals surface area contributed by atoms with Crippen LogP contribution in [0.15, 0.2) is 26.5 Å². The molecule has 2 rings (SSSR count). The van der Waals surface area contributed by atoms with Crippen molar-refractivity contribution in [2.24, 2.45) is 4.99 Å². The molecule has 1 aliphatic heterocycles. The lowest BCUT2D eigenvalue weighted by molar-refractivity contribution is -0.123. The molecule has 124 valence electrons. The molecule has 0 unspecified atom stereocenters. The first kappa shape index (κ1) is 18.4. The second kappa shape index (κ2) is 7.28. The number of rotatable bonds is 3. The zero-order valence-electron chi connectivity index (χ0n) is 13.3.